The molecule has 1 fully saturated rings. The predicted molar refractivity (Wildman–Crippen MR) is 76.2 cm³/mol. The molecule has 22 heavy (non-hydrogen) atoms. The quantitative estimate of drug-likeness (QED) is 0.359. The van der Waals surface area contributed by atoms with Gasteiger partial charge in [0, 0.05) is 18.6 Å². The molecule has 1 aromatic rings. The summed E-state index contributed by atoms with van der Waals surface area (Å²) >= 11 is 0. The normalized spacial score (nSPS) is 19.0. The zero-order valence-electron chi connectivity index (χ0n) is 11.9. The molecule has 7 nitrogen and oxygen atoms in total. The molecule has 0 aliphatic carbocycles. The van der Waals surface area contributed by atoms with Crippen LogP contribution in [0.2, 0.25) is 0 Å². The fraction of sp³-hybridized carbons (Fsp3) is 0.333. The Hall–Kier alpha value is -2.70. The van der Waals surface area contributed by atoms with E-state index in [1.807, 2.05) is 0 Å². The fourth-order valence-electron chi connectivity index (χ4n) is 2.12. The van der Waals surface area contributed by atoms with Crippen LogP contribution in [0.4, 0.5) is 5.69 Å². The van der Waals surface area contributed by atoms with Crippen LogP contribution in [0.3, 0.4) is 0 Å². The third-order valence-corrected chi connectivity index (χ3v) is 3.22. The number of nitro benzene ring substituents is 1. The van der Waals surface area contributed by atoms with Crippen molar-refractivity contribution >= 4 is 17.6 Å². The van der Waals surface area contributed by atoms with Crippen molar-refractivity contribution in [3.63, 3.8) is 0 Å². The number of carbonyl (C=O) groups is 2. The monoisotopic (exact) mass is 305 g/mol. The summed E-state index contributed by atoms with van der Waals surface area (Å²) < 4.78 is 10.4. The Balaban J connectivity index is 2.07. The third-order valence-electron chi connectivity index (χ3n) is 3.22. The lowest BCUT2D eigenvalue weighted by Gasteiger charge is -2.19. The summed E-state index contributed by atoms with van der Waals surface area (Å²) in [6.45, 7) is 1.77. The topological polar surface area (TPSA) is 95.7 Å². The van der Waals surface area contributed by atoms with Crippen LogP contribution in [-0.4, -0.2) is 29.1 Å². The number of hydrogen-bond donors (Lipinski definition) is 0. The van der Waals surface area contributed by atoms with Gasteiger partial charge in [-0.1, -0.05) is 6.08 Å². The first-order valence-electron chi connectivity index (χ1n) is 6.79. The second-order valence-corrected chi connectivity index (χ2v) is 4.77. The molecule has 0 bridgehead atoms. The van der Waals surface area contributed by atoms with Gasteiger partial charge in [-0.2, -0.15) is 0 Å². The van der Waals surface area contributed by atoms with Gasteiger partial charge in [0.15, 0.2) is 6.10 Å². The Bertz CT molecular complexity index is 607. The van der Waals surface area contributed by atoms with Crippen molar-refractivity contribution in [2.45, 2.75) is 32.0 Å². The van der Waals surface area contributed by atoms with Gasteiger partial charge < -0.3 is 9.47 Å². The first-order valence-corrected chi connectivity index (χ1v) is 6.79. The number of rotatable bonds is 5. The highest BCUT2D eigenvalue weighted by atomic mass is 16.6. The fourth-order valence-corrected chi connectivity index (χ4v) is 2.12. The van der Waals surface area contributed by atoms with Crippen molar-refractivity contribution < 1.29 is 24.0 Å². The van der Waals surface area contributed by atoms with Gasteiger partial charge in [-0.25, -0.2) is 4.79 Å². The predicted octanol–water partition coefficient (Wildman–Crippen LogP) is 2.40. The zero-order valence-corrected chi connectivity index (χ0v) is 11.9. The van der Waals surface area contributed by atoms with Crippen LogP contribution in [0.25, 0.3) is 0 Å². The number of cyclic esters (lactones) is 1. The Kier molecular flexibility index (Phi) is 4.88. The highest BCUT2D eigenvalue weighted by molar-refractivity contribution is 5.89. The number of ether oxygens (including phenoxy) is 2. The number of nitro groups is 1. The summed E-state index contributed by atoms with van der Waals surface area (Å²) in [6.07, 6.45) is 2.98. The average molecular weight is 305 g/mol. The van der Waals surface area contributed by atoms with E-state index in [0.717, 1.165) is 0 Å². The Labute approximate surface area is 126 Å². The number of hydrogen-bond acceptors (Lipinski definition) is 6. The SMILES string of the molecule is CC=C[C@H](OC(=O)c1ccc([N+](=O)[O-])cc1)[C@@H]1CCC(=O)O1. The summed E-state index contributed by atoms with van der Waals surface area (Å²) in [5, 5.41) is 10.6. The number of allylic oxidation sites excluding steroid dienone is 1. The number of nitrogens with zero attached hydrogens (tertiary/aromatic N) is 1. The number of non-ortho nitro benzene ring substituents is 1. The van der Waals surface area contributed by atoms with Crippen molar-refractivity contribution in [3.8, 4) is 0 Å². The van der Waals surface area contributed by atoms with Crippen LogP contribution in [0.5, 0.6) is 0 Å². The lowest BCUT2D eigenvalue weighted by molar-refractivity contribution is -0.384. The Morgan fingerprint density at radius 3 is 2.64 bits per heavy atom. The minimum atomic E-state index is -0.667. The van der Waals surface area contributed by atoms with Crippen LogP contribution < -0.4 is 0 Å². The smallest absolute Gasteiger partial charge is 0.338 e. The number of benzene rings is 1. The van der Waals surface area contributed by atoms with Crippen LogP contribution in [-0.2, 0) is 14.3 Å². The first kappa shape index (κ1) is 15.7. The van der Waals surface area contributed by atoms with Gasteiger partial charge >= 0.3 is 11.9 Å². The maximum Gasteiger partial charge on any atom is 0.338 e. The maximum atomic E-state index is 12.1. The molecule has 1 heterocycles. The van der Waals surface area contributed by atoms with Gasteiger partial charge in [0.25, 0.3) is 5.69 Å². The summed E-state index contributed by atoms with van der Waals surface area (Å²) in [5.41, 5.74) is 0.0932. The molecule has 0 aromatic heterocycles. The van der Waals surface area contributed by atoms with E-state index in [1.54, 1.807) is 19.1 Å². The molecule has 0 amide bonds. The molecule has 1 saturated heterocycles. The summed E-state index contributed by atoms with van der Waals surface area (Å²) in [7, 11) is 0. The van der Waals surface area contributed by atoms with Gasteiger partial charge in [0.05, 0.1) is 10.5 Å². The van der Waals surface area contributed by atoms with E-state index in [-0.39, 0.29) is 17.2 Å². The number of carbonyl (C=O) groups excluding carboxylic acids is 2. The number of esters is 2. The highest BCUT2D eigenvalue weighted by Gasteiger charge is 2.32. The largest absolute Gasteiger partial charge is 0.458 e. The van der Waals surface area contributed by atoms with E-state index >= 15 is 0 Å². The van der Waals surface area contributed by atoms with Crippen LogP contribution in [0.15, 0.2) is 36.4 Å². The third kappa shape index (κ3) is 3.69. The summed E-state index contributed by atoms with van der Waals surface area (Å²) in [6, 6.07) is 5.12. The van der Waals surface area contributed by atoms with Crippen molar-refractivity contribution in [3.05, 3.63) is 52.1 Å². The van der Waals surface area contributed by atoms with Crippen molar-refractivity contribution in [1.82, 2.24) is 0 Å². The first-order chi connectivity index (χ1) is 10.5. The lowest BCUT2D eigenvalue weighted by Crippen LogP contribution is -2.29. The summed E-state index contributed by atoms with van der Waals surface area (Å²) in [5.74, 6) is -0.938. The molecule has 7 heteroatoms. The van der Waals surface area contributed by atoms with Crippen molar-refractivity contribution in [2.24, 2.45) is 0 Å². The van der Waals surface area contributed by atoms with E-state index in [2.05, 4.69) is 0 Å². The van der Waals surface area contributed by atoms with Crippen LogP contribution in [0.1, 0.15) is 30.1 Å². The second kappa shape index (κ2) is 6.84. The molecule has 0 unspecified atom stereocenters. The standard InChI is InChI=1S/C15H15NO6/c1-2-3-12(13-8-9-14(17)21-13)22-15(18)10-4-6-11(7-5-10)16(19)20/h2-7,12-13H,8-9H2,1H3/t12-,13-/m0/s1. The molecule has 2 atom stereocenters. The Morgan fingerprint density at radius 1 is 1.45 bits per heavy atom. The molecule has 0 radical (unpaired) electrons. The van der Waals surface area contributed by atoms with Gasteiger partial charge in [0.2, 0.25) is 0 Å². The molecule has 1 aliphatic heterocycles. The highest BCUT2D eigenvalue weighted by Crippen LogP contribution is 2.21. The molecular weight excluding hydrogens is 290 g/mol. The van der Waals surface area contributed by atoms with Gasteiger partial charge in [-0.15, -0.1) is 0 Å². The van der Waals surface area contributed by atoms with Gasteiger partial charge in [-0.05, 0) is 31.6 Å². The van der Waals surface area contributed by atoms with E-state index in [1.165, 1.54) is 24.3 Å². The van der Waals surface area contributed by atoms with E-state index in [9.17, 15) is 19.7 Å². The lowest BCUT2D eigenvalue weighted by atomic mass is 10.1. The van der Waals surface area contributed by atoms with Crippen molar-refractivity contribution in [1.29, 1.82) is 0 Å². The molecule has 2 rings (SSSR count). The molecule has 0 spiro atoms. The molecule has 1 aliphatic rings. The molecule has 116 valence electrons. The maximum absolute atomic E-state index is 12.1. The minimum absolute atomic E-state index is 0.105. The Morgan fingerprint density at radius 2 is 2.14 bits per heavy atom. The van der Waals surface area contributed by atoms with E-state index in [4.69, 9.17) is 9.47 Å². The second-order valence-electron chi connectivity index (χ2n) is 4.77. The van der Waals surface area contributed by atoms with E-state index < -0.39 is 23.1 Å². The van der Waals surface area contributed by atoms with E-state index in [0.29, 0.717) is 12.8 Å². The van der Waals surface area contributed by atoms with Crippen molar-refractivity contribution in [2.75, 3.05) is 0 Å². The summed E-state index contributed by atoms with van der Waals surface area (Å²) in [4.78, 5) is 33.3. The molecule has 0 saturated carbocycles. The molecule has 0 N–H and O–H groups in total. The molecule has 1 aromatic carbocycles. The molecular formula is C15H15NO6. The van der Waals surface area contributed by atoms with Crippen LogP contribution >= 0.6 is 0 Å². The average Bonchev–Trinajstić information content (AvgIpc) is 2.93. The van der Waals surface area contributed by atoms with Gasteiger partial charge in [0.1, 0.15) is 6.10 Å². The van der Waals surface area contributed by atoms with Crippen LogP contribution in [0, 0.1) is 10.1 Å². The minimum Gasteiger partial charge on any atom is -0.458 e. The zero-order chi connectivity index (χ0) is 16.1. The van der Waals surface area contributed by atoms with Gasteiger partial charge in [-0.3, -0.25) is 14.9 Å².